The molecule has 0 saturated carbocycles. The van der Waals surface area contributed by atoms with Crippen LogP contribution in [0.1, 0.15) is 57.8 Å². The van der Waals surface area contributed by atoms with Crippen LogP contribution >= 0.6 is 11.3 Å². The molecule has 1 aliphatic rings. The van der Waals surface area contributed by atoms with E-state index in [2.05, 4.69) is 17.8 Å². The van der Waals surface area contributed by atoms with E-state index in [9.17, 15) is 18.0 Å². The summed E-state index contributed by atoms with van der Waals surface area (Å²) in [4.78, 5) is 26.8. The summed E-state index contributed by atoms with van der Waals surface area (Å²) in [6, 6.07) is 3.22. The molecule has 1 unspecified atom stereocenters. The van der Waals surface area contributed by atoms with Gasteiger partial charge in [0.2, 0.25) is 10.0 Å². The van der Waals surface area contributed by atoms with Crippen molar-refractivity contribution in [3.63, 3.8) is 0 Å². The SMILES string of the molecule is CCN(CC)S(=O)(=O)c1cc(C(=O)NNC(=O)c2cc3c(s2)CCC(C)C3)n(C)c1. The predicted molar refractivity (Wildman–Crippen MR) is 116 cm³/mol. The van der Waals surface area contributed by atoms with Gasteiger partial charge in [-0.15, -0.1) is 11.3 Å². The average Bonchev–Trinajstić information content (AvgIpc) is 3.30. The molecule has 0 spiro atoms. The van der Waals surface area contributed by atoms with E-state index < -0.39 is 15.9 Å². The highest BCUT2D eigenvalue weighted by atomic mass is 32.2. The van der Waals surface area contributed by atoms with Crippen LogP contribution in [0.25, 0.3) is 0 Å². The second-order valence-electron chi connectivity index (χ2n) is 7.58. The molecule has 0 radical (unpaired) electrons. The summed E-state index contributed by atoms with van der Waals surface area (Å²) in [7, 11) is -2.08. The molecule has 3 rings (SSSR count). The van der Waals surface area contributed by atoms with Crippen LogP contribution in [0.3, 0.4) is 0 Å². The average molecular weight is 453 g/mol. The molecular formula is C20H28N4O4S2. The molecule has 10 heteroatoms. The minimum Gasteiger partial charge on any atom is -0.345 e. The lowest BCUT2D eigenvalue weighted by Crippen LogP contribution is -2.42. The summed E-state index contributed by atoms with van der Waals surface area (Å²) in [6.07, 6.45) is 4.48. The topological polar surface area (TPSA) is 101 Å². The highest BCUT2D eigenvalue weighted by Gasteiger charge is 2.26. The molecular weight excluding hydrogens is 424 g/mol. The molecule has 30 heavy (non-hydrogen) atoms. The van der Waals surface area contributed by atoms with Crippen molar-refractivity contribution in [2.24, 2.45) is 13.0 Å². The lowest BCUT2D eigenvalue weighted by Gasteiger charge is -2.17. The number of nitrogens with zero attached hydrogens (tertiary/aromatic N) is 2. The summed E-state index contributed by atoms with van der Waals surface area (Å²) < 4.78 is 28.1. The maximum atomic E-state index is 12.7. The number of rotatable bonds is 6. The van der Waals surface area contributed by atoms with Gasteiger partial charge in [0, 0.05) is 31.2 Å². The zero-order valence-corrected chi connectivity index (χ0v) is 19.3. The number of hydrazine groups is 1. The van der Waals surface area contributed by atoms with Crippen LogP contribution in [0.5, 0.6) is 0 Å². The van der Waals surface area contributed by atoms with Crippen LogP contribution < -0.4 is 10.9 Å². The fourth-order valence-electron chi connectivity index (χ4n) is 3.67. The van der Waals surface area contributed by atoms with Crippen molar-refractivity contribution in [1.29, 1.82) is 0 Å². The van der Waals surface area contributed by atoms with Crippen LogP contribution in [-0.4, -0.2) is 42.2 Å². The molecule has 2 N–H and O–H groups in total. The van der Waals surface area contributed by atoms with Gasteiger partial charge in [0.1, 0.15) is 10.6 Å². The molecule has 164 valence electrons. The summed E-state index contributed by atoms with van der Waals surface area (Å²) >= 11 is 1.46. The highest BCUT2D eigenvalue weighted by Crippen LogP contribution is 2.32. The summed E-state index contributed by atoms with van der Waals surface area (Å²) in [5, 5.41) is 0. The molecule has 2 aromatic heterocycles. The Labute approximate surface area is 181 Å². The molecule has 0 aliphatic heterocycles. The first-order valence-electron chi connectivity index (χ1n) is 10.1. The summed E-state index contributed by atoms with van der Waals surface area (Å²) in [5.74, 6) is -0.343. The largest absolute Gasteiger partial charge is 0.345 e. The molecule has 8 nitrogen and oxygen atoms in total. The van der Waals surface area contributed by atoms with Crippen molar-refractivity contribution >= 4 is 33.2 Å². The van der Waals surface area contributed by atoms with Crippen molar-refractivity contribution in [3.05, 3.63) is 39.3 Å². The van der Waals surface area contributed by atoms with Gasteiger partial charge in [-0.3, -0.25) is 20.4 Å². The van der Waals surface area contributed by atoms with E-state index in [0.29, 0.717) is 23.9 Å². The number of carbonyl (C=O) groups excluding carboxylic acids is 2. The number of aryl methyl sites for hydroxylation is 2. The lowest BCUT2D eigenvalue weighted by atomic mass is 9.90. The first-order chi connectivity index (χ1) is 14.2. The Morgan fingerprint density at radius 2 is 1.87 bits per heavy atom. The maximum Gasteiger partial charge on any atom is 0.286 e. The van der Waals surface area contributed by atoms with Gasteiger partial charge in [0.15, 0.2) is 0 Å². The molecule has 0 fully saturated rings. The number of sulfonamides is 1. The third-order valence-electron chi connectivity index (χ3n) is 5.40. The van der Waals surface area contributed by atoms with Gasteiger partial charge < -0.3 is 4.57 Å². The minimum absolute atomic E-state index is 0.0465. The fraction of sp³-hybridized carbons (Fsp3) is 0.500. The van der Waals surface area contributed by atoms with Gasteiger partial charge in [0.05, 0.1) is 4.88 Å². The van der Waals surface area contributed by atoms with E-state index in [1.165, 1.54) is 42.9 Å². The Kier molecular flexibility index (Phi) is 6.68. The number of fused-ring (bicyclic) bond motifs is 1. The Morgan fingerprint density at radius 1 is 1.20 bits per heavy atom. The van der Waals surface area contributed by atoms with Crippen molar-refractivity contribution in [3.8, 4) is 0 Å². The number of nitrogens with one attached hydrogen (secondary N) is 2. The molecule has 0 saturated heterocycles. The Balaban J connectivity index is 1.68. The van der Waals surface area contributed by atoms with Crippen molar-refractivity contribution in [2.45, 2.75) is 44.9 Å². The second-order valence-corrected chi connectivity index (χ2v) is 10.7. The molecule has 0 bridgehead atoms. The molecule has 2 amide bonds. The van der Waals surface area contributed by atoms with Gasteiger partial charge in [-0.1, -0.05) is 20.8 Å². The number of aromatic nitrogens is 1. The Hall–Kier alpha value is -2.17. The predicted octanol–water partition coefficient (Wildman–Crippen LogP) is 2.32. The van der Waals surface area contributed by atoms with Gasteiger partial charge in [0.25, 0.3) is 11.8 Å². The van der Waals surface area contributed by atoms with E-state index >= 15 is 0 Å². The third-order valence-corrected chi connectivity index (χ3v) is 8.65. The number of hydrogen-bond acceptors (Lipinski definition) is 5. The standard InChI is InChI=1S/C20H28N4O4S2/c1-5-24(6-2)30(27,28)15-11-16(23(4)12-15)19(25)21-22-20(26)18-10-14-9-13(3)7-8-17(14)29-18/h10-13H,5-9H2,1-4H3,(H,21,25)(H,22,26). The fourth-order valence-corrected chi connectivity index (χ4v) is 6.30. The third kappa shape index (κ3) is 4.45. The number of hydrogen-bond donors (Lipinski definition) is 2. The maximum absolute atomic E-state index is 12.7. The minimum atomic E-state index is -3.67. The molecule has 2 heterocycles. The smallest absolute Gasteiger partial charge is 0.286 e. The molecule has 1 aliphatic carbocycles. The van der Waals surface area contributed by atoms with Gasteiger partial charge in [-0.25, -0.2) is 8.42 Å². The quantitative estimate of drug-likeness (QED) is 0.657. The van der Waals surface area contributed by atoms with Gasteiger partial charge in [-0.05, 0) is 42.9 Å². The van der Waals surface area contributed by atoms with Crippen LogP contribution in [0.4, 0.5) is 0 Å². The van der Waals surface area contributed by atoms with E-state index in [-0.39, 0.29) is 16.5 Å². The van der Waals surface area contributed by atoms with Crippen molar-refractivity contribution in [1.82, 2.24) is 19.7 Å². The summed E-state index contributed by atoms with van der Waals surface area (Å²) in [6.45, 7) is 6.41. The number of carbonyl (C=O) groups is 2. The zero-order valence-electron chi connectivity index (χ0n) is 17.7. The van der Waals surface area contributed by atoms with Gasteiger partial charge >= 0.3 is 0 Å². The van der Waals surface area contributed by atoms with Crippen LogP contribution in [0, 0.1) is 5.92 Å². The normalized spacial score (nSPS) is 16.4. The van der Waals surface area contributed by atoms with E-state index in [0.717, 1.165) is 19.3 Å². The van der Waals surface area contributed by atoms with Crippen molar-refractivity contribution < 1.29 is 18.0 Å². The van der Waals surface area contributed by atoms with Crippen molar-refractivity contribution in [2.75, 3.05) is 13.1 Å². The Bertz CT molecular complexity index is 1050. The highest BCUT2D eigenvalue weighted by molar-refractivity contribution is 7.89. The molecule has 0 aromatic carbocycles. The number of amides is 2. The monoisotopic (exact) mass is 452 g/mol. The first kappa shape index (κ1) is 22.5. The summed E-state index contributed by atoms with van der Waals surface area (Å²) in [5.41, 5.74) is 6.18. The lowest BCUT2D eigenvalue weighted by molar-refractivity contribution is 0.0844. The second kappa shape index (κ2) is 8.91. The zero-order chi connectivity index (χ0) is 22.1. The van der Waals surface area contributed by atoms with E-state index in [1.807, 2.05) is 6.07 Å². The molecule has 1 atom stereocenters. The van der Waals surface area contributed by atoms with E-state index in [4.69, 9.17) is 0 Å². The van der Waals surface area contributed by atoms with Crippen LogP contribution in [0.2, 0.25) is 0 Å². The Morgan fingerprint density at radius 3 is 2.53 bits per heavy atom. The van der Waals surface area contributed by atoms with E-state index in [1.54, 1.807) is 20.9 Å². The molecule has 2 aromatic rings. The van der Waals surface area contributed by atoms with Crippen LogP contribution in [-0.2, 0) is 29.9 Å². The van der Waals surface area contributed by atoms with Crippen LogP contribution in [0.15, 0.2) is 23.2 Å². The number of thiophene rings is 1. The first-order valence-corrected chi connectivity index (χ1v) is 12.3. The van der Waals surface area contributed by atoms with Gasteiger partial charge in [-0.2, -0.15) is 4.31 Å².